The number of aliphatic carboxylic acids is 1. The van der Waals surface area contributed by atoms with Crippen LogP contribution in [0, 0.1) is 5.92 Å². The SMILES string of the molecule is CCOC(=O)C(CO)C[C@@H](Cc1ccc(-c2ccccc2)cc1)NC(=O)C(=O)O. The predicted molar refractivity (Wildman–Crippen MR) is 107 cm³/mol. The minimum absolute atomic E-state index is 0.0643. The van der Waals surface area contributed by atoms with Gasteiger partial charge in [-0.05, 0) is 36.5 Å². The third-order valence-corrected chi connectivity index (χ3v) is 4.48. The molecule has 2 aromatic carbocycles. The van der Waals surface area contributed by atoms with E-state index in [1.54, 1.807) is 6.92 Å². The number of carboxylic acids is 1. The summed E-state index contributed by atoms with van der Waals surface area (Å²) >= 11 is 0. The Labute approximate surface area is 169 Å². The zero-order valence-corrected chi connectivity index (χ0v) is 16.2. The Morgan fingerprint density at radius 3 is 2.17 bits per heavy atom. The molecular formula is C22H25NO6. The van der Waals surface area contributed by atoms with Gasteiger partial charge in [-0.2, -0.15) is 0 Å². The van der Waals surface area contributed by atoms with Crippen LogP contribution in [0.25, 0.3) is 11.1 Å². The maximum Gasteiger partial charge on any atom is 0.394 e. The number of benzene rings is 2. The Bertz CT molecular complexity index is 819. The highest BCUT2D eigenvalue weighted by molar-refractivity contribution is 6.31. The Balaban J connectivity index is 2.14. The number of carbonyl (C=O) groups is 3. The van der Waals surface area contributed by atoms with Crippen LogP contribution in [0.4, 0.5) is 0 Å². The van der Waals surface area contributed by atoms with Crippen LogP contribution in [0.3, 0.4) is 0 Å². The van der Waals surface area contributed by atoms with E-state index in [1.165, 1.54) is 0 Å². The van der Waals surface area contributed by atoms with Gasteiger partial charge in [0.15, 0.2) is 0 Å². The Morgan fingerprint density at radius 1 is 1.00 bits per heavy atom. The van der Waals surface area contributed by atoms with Crippen LogP contribution >= 0.6 is 0 Å². The molecule has 0 saturated carbocycles. The molecule has 3 N–H and O–H groups in total. The number of carbonyl (C=O) groups excluding carboxylic acids is 2. The molecule has 29 heavy (non-hydrogen) atoms. The largest absolute Gasteiger partial charge is 0.474 e. The number of hydrogen-bond acceptors (Lipinski definition) is 5. The first-order chi connectivity index (χ1) is 13.9. The molecule has 0 bridgehead atoms. The van der Waals surface area contributed by atoms with Crippen molar-refractivity contribution >= 4 is 17.8 Å². The maximum atomic E-state index is 12.0. The van der Waals surface area contributed by atoms with Gasteiger partial charge in [0.05, 0.1) is 19.1 Å². The standard InChI is InChI=1S/C22H25NO6/c1-2-29-22(28)18(14-24)13-19(23-20(25)21(26)27)12-15-8-10-17(11-9-15)16-6-4-3-5-7-16/h3-11,18-19,24H,2,12-14H2,1H3,(H,23,25)(H,26,27)/t18?,19-/m1/s1. The fourth-order valence-electron chi connectivity index (χ4n) is 3.04. The predicted octanol–water partition coefficient (Wildman–Crippen LogP) is 2.03. The first kappa shape index (κ1) is 22.1. The number of nitrogens with one attached hydrogen (secondary N) is 1. The Morgan fingerprint density at radius 2 is 1.62 bits per heavy atom. The first-order valence-corrected chi connectivity index (χ1v) is 9.40. The van der Waals surface area contributed by atoms with E-state index in [1.807, 2.05) is 54.6 Å². The summed E-state index contributed by atoms with van der Waals surface area (Å²) in [6.45, 7) is 1.37. The normalized spacial score (nSPS) is 12.6. The number of hydrogen-bond donors (Lipinski definition) is 3. The van der Waals surface area contributed by atoms with E-state index in [9.17, 15) is 19.5 Å². The van der Waals surface area contributed by atoms with Crippen molar-refractivity contribution in [2.75, 3.05) is 13.2 Å². The molecule has 0 aliphatic rings. The molecule has 0 radical (unpaired) electrons. The van der Waals surface area contributed by atoms with Gasteiger partial charge in [0.2, 0.25) is 0 Å². The molecule has 0 saturated heterocycles. The molecule has 7 nitrogen and oxygen atoms in total. The van der Waals surface area contributed by atoms with E-state index in [0.29, 0.717) is 6.42 Å². The van der Waals surface area contributed by atoms with Gasteiger partial charge in [-0.3, -0.25) is 9.59 Å². The highest BCUT2D eigenvalue weighted by Crippen LogP contribution is 2.21. The lowest BCUT2D eigenvalue weighted by molar-refractivity contribution is -0.151. The van der Waals surface area contributed by atoms with Gasteiger partial charge in [0, 0.05) is 6.04 Å². The molecule has 1 amide bonds. The van der Waals surface area contributed by atoms with Gasteiger partial charge in [-0.1, -0.05) is 54.6 Å². The van der Waals surface area contributed by atoms with Gasteiger partial charge in [-0.15, -0.1) is 0 Å². The van der Waals surface area contributed by atoms with Crippen molar-refractivity contribution in [3.8, 4) is 11.1 Å². The molecule has 0 aliphatic heterocycles. The van der Waals surface area contributed by atoms with Crippen LogP contribution < -0.4 is 5.32 Å². The fraction of sp³-hybridized carbons (Fsp3) is 0.318. The van der Waals surface area contributed by atoms with Crippen LogP contribution in [0.15, 0.2) is 54.6 Å². The summed E-state index contributed by atoms with van der Waals surface area (Å²) in [6, 6.07) is 16.8. The lowest BCUT2D eigenvalue weighted by atomic mass is 9.94. The molecule has 0 heterocycles. The molecule has 0 spiro atoms. The summed E-state index contributed by atoms with van der Waals surface area (Å²) in [6.07, 6.45) is 0.374. The third-order valence-electron chi connectivity index (χ3n) is 4.48. The zero-order valence-electron chi connectivity index (χ0n) is 16.2. The van der Waals surface area contributed by atoms with Crippen LogP contribution in [-0.2, 0) is 25.5 Å². The molecule has 7 heteroatoms. The van der Waals surface area contributed by atoms with Crippen LogP contribution in [0.1, 0.15) is 18.9 Å². The summed E-state index contributed by atoms with van der Waals surface area (Å²) < 4.78 is 4.94. The van der Waals surface area contributed by atoms with E-state index in [4.69, 9.17) is 9.84 Å². The number of amides is 1. The number of carboxylic acid groups (broad SMARTS) is 1. The minimum atomic E-state index is -1.61. The summed E-state index contributed by atoms with van der Waals surface area (Å²) in [5.41, 5.74) is 2.96. The van der Waals surface area contributed by atoms with Crippen LogP contribution in [0.2, 0.25) is 0 Å². The minimum Gasteiger partial charge on any atom is -0.474 e. The number of rotatable bonds is 9. The smallest absolute Gasteiger partial charge is 0.394 e. The first-order valence-electron chi connectivity index (χ1n) is 9.40. The summed E-state index contributed by atoms with van der Waals surface area (Å²) in [4.78, 5) is 34.6. The molecule has 0 aliphatic carbocycles. The monoisotopic (exact) mass is 399 g/mol. The summed E-state index contributed by atoms with van der Waals surface area (Å²) in [5.74, 6) is -4.19. The van der Waals surface area contributed by atoms with E-state index in [2.05, 4.69) is 5.32 Å². The average Bonchev–Trinajstić information content (AvgIpc) is 2.73. The van der Waals surface area contributed by atoms with Crippen LogP contribution in [-0.4, -0.2) is 47.3 Å². The summed E-state index contributed by atoms with van der Waals surface area (Å²) in [5, 5.41) is 20.8. The second-order valence-electron chi connectivity index (χ2n) is 6.61. The molecular weight excluding hydrogens is 374 g/mol. The number of aliphatic hydroxyl groups excluding tert-OH is 1. The van der Waals surface area contributed by atoms with Crippen molar-refractivity contribution in [3.63, 3.8) is 0 Å². The number of esters is 1. The molecule has 0 fully saturated rings. The lowest BCUT2D eigenvalue weighted by Gasteiger charge is -2.22. The van der Waals surface area contributed by atoms with Gasteiger partial charge >= 0.3 is 17.8 Å². The van der Waals surface area contributed by atoms with E-state index in [0.717, 1.165) is 16.7 Å². The van der Waals surface area contributed by atoms with E-state index >= 15 is 0 Å². The maximum absolute atomic E-state index is 12.0. The van der Waals surface area contributed by atoms with Crippen molar-refractivity contribution in [1.29, 1.82) is 0 Å². The Hall–Kier alpha value is -3.19. The topological polar surface area (TPSA) is 113 Å². The number of ether oxygens (including phenoxy) is 1. The fourth-order valence-corrected chi connectivity index (χ4v) is 3.04. The summed E-state index contributed by atoms with van der Waals surface area (Å²) in [7, 11) is 0. The van der Waals surface area contributed by atoms with Gasteiger partial charge in [0.1, 0.15) is 0 Å². The molecule has 2 atom stereocenters. The average molecular weight is 399 g/mol. The second kappa shape index (κ2) is 11.0. The molecule has 154 valence electrons. The molecule has 2 rings (SSSR count). The van der Waals surface area contributed by atoms with Crippen molar-refractivity contribution < 1.29 is 29.3 Å². The molecule has 0 aromatic heterocycles. The Kier molecular flexibility index (Phi) is 8.36. The van der Waals surface area contributed by atoms with E-state index in [-0.39, 0.29) is 13.0 Å². The number of aliphatic hydroxyl groups is 1. The van der Waals surface area contributed by atoms with Crippen molar-refractivity contribution in [2.45, 2.75) is 25.8 Å². The second-order valence-corrected chi connectivity index (χ2v) is 6.61. The quantitative estimate of drug-likeness (QED) is 0.439. The van der Waals surface area contributed by atoms with Gasteiger partial charge < -0.3 is 20.3 Å². The molecule has 2 aromatic rings. The van der Waals surface area contributed by atoms with E-state index < -0.39 is 36.4 Å². The zero-order chi connectivity index (χ0) is 21.2. The van der Waals surface area contributed by atoms with Gasteiger partial charge in [-0.25, -0.2) is 4.79 Å². The van der Waals surface area contributed by atoms with Crippen molar-refractivity contribution in [3.05, 3.63) is 60.2 Å². The van der Waals surface area contributed by atoms with Crippen molar-refractivity contribution in [1.82, 2.24) is 5.32 Å². The van der Waals surface area contributed by atoms with Crippen molar-refractivity contribution in [2.24, 2.45) is 5.92 Å². The highest BCUT2D eigenvalue weighted by atomic mass is 16.5. The van der Waals surface area contributed by atoms with Gasteiger partial charge in [0.25, 0.3) is 0 Å². The third kappa shape index (κ3) is 6.73. The lowest BCUT2D eigenvalue weighted by Crippen LogP contribution is -2.43. The van der Waals surface area contributed by atoms with Crippen LogP contribution in [0.5, 0.6) is 0 Å². The molecule has 1 unspecified atom stereocenters. The highest BCUT2D eigenvalue weighted by Gasteiger charge is 2.26.